The van der Waals surface area contributed by atoms with Crippen LogP contribution < -0.4 is 10.7 Å². The van der Waals surface area contributed by atoms with Crippen molar-refractivity contribution < 1.29 is 32.7 Å². The van der Waals surface area contributed by atoms with E-state index in [1.54, 1.807) is 0 Å². The van der Waals surface area contributed by atoms with E-state index in [2.05, 4.69) is 25.7 Å². The van der Waals surface area contributed by atoms with Crippen LogP contribution in [0.3, 0.4) is 0 Å². The zero-order valence-electron chi connectivity index (χ0n) is 19.5. The number of aromatic hydroxyl groups is 1. The number of thiocarbonyl (C=S) groups is 1. The van der Waals surface area contributed by atoms with Crippen molar-refractivity contribution in [3.8, 4) is 17.0 Å². The first kappa shape index (κ1) is 27.1. The van der Waals surface area contributed by atoms with Gasteiger partial charge in [-0.05, 0) is 43.4 Å². The fourth-order valence-corrected chi connectivity index (χ4v) is 3.45. The molecule has 15 heteroatoms. The predicted octanol–water partition coefficient (Wildman–Crippen LogP) is 4.22. The predicted molar refractivity (Wildman–Crippen MR) is 131 cm³/mol. The maximum Gasteiger partial charge on any atom is 0.416 e. The number of nitrogens with one attached hydrogen (secondary N) is 2. The van der Waals surface area contributed by atoms with Gasteiger partial charge in [0.15, 0.2) is 16.6 Å². The number of anilines is 1. The Balaban J connectivity index is 1.77. The first-order valence-electron chi connectivity index (χ1n) is 10.3. The number of hydrogen-bond donors (Lipinski definition) is 3. The highest BCUT2D eigenvalue weighted by Crippen LogP contribution is 2.35. The molecular formula is C22H19F3N6O5S. The van der Waals surface area contributed by atoms with Gasteiger partial charge in [-0.3, -0.25) is 20.2 Å². The molecule has 2 aromatic carbocycles. The number of carbonyl (C=O) groups is 1. The van der Waals surface area contributed by atoms with E-state index in [9.17, 15) is 33.2 Å². The summed E-state index contributed by atoms with van der Waals surface area (Å²) in [6.07, 6.45) is -4.49. The van der Waals surface area contributed by atoms with Crippen LogP contribution in [0.4, 0.5) is 24.5 Å². The Hall–Kier alpha value is -4.53. The zero-order chi connectivity index (χ0) is 27.5. The summed E-state index contributed by atoms with van der Waals surface area (Å²) < 4.78 is 44.4. The minimum atomic E-state index is -4.49. The lowest BCUT2D eigenvalue weighted by molar-refractivity contribution is -0.385. The van der Waals surface area contributed by atoms with Crippen molar-refractivity contribution in [3.63, 3.8) is 0 Å². The van der Waals surface area contributed by atoms with Crippen molar-refractivity contribution in [2.24, 2.45) is 12.1 Å². The number of hydrazone groups is 1. The number of nitro benzene ring substituents is 1. The van der Waals surface area contributed by atoms with E-state index >= 15 is 0 Å². The lowest BCUT2D eigenvalue weighted by Crippen LogP contribution is -2.25. The Kier molecular flexibility index (Phi) is 7.76. The highest BCUT2D eigenvalue weighted by molar-refractivity contribution is 7.80. The first-order chi connectivity index (χ1) is 17.3. The number of methoxy groups -OCH3 is 1. The van der Waals surface area contributed by atoms with Crippen molar-refractivity contribution in [2.45, 2.75) is 13.1 Å². The second-order valence-corrected chi connectivity index (χ2v) is 7.90. The molecule has 1 heterocycles. The minimum absolute atomic E-state index is 0.0470. The molecule has 0 atom stereocenters. The molecule has 11 nitrogen and oxygen atoms in total. The summed E-state index contributed by atoms with van der Waals surface area (Å²) in [6.45, 7) is 1.50. The lowest BCUT2D eigenvalue weighted by atomic mass is 10.1. The number of rotatable bonds is 6. The average Bonchev–Trinajstić information content (AvgIpc) is 3.15. The average molecular weight is 536 g/mol. The third kappa shape index (κ3) is 6.00. The van der Waals surface area contributed by atoms with Gasteiger partial charge in [0.25, 0.3) is 5.69 Å². The largest absolute Gasteiger partial charge is 0.504 e. The third-order valence-corrected chi connectivity index (χ3v) is 5.23. The van der Waals surface area contributed by atoms with E-state index < -0.39 is 28.3 Å². The molecule has 3 N–H and O–H groups in total. The number of benzene rings is 2. The van der Waals surface area contributed by atoms with E-state index in [4.69, 9.17) is 12.2 Å². The molecule has 0 spiro atoms. The Morgan fingerprint density at radius 3 is 2.46 bits per heavy atom. The van der Waals surface area contributed by atoms with E-state index in [1.807, 2.05) is 0 Å². The Bertz CT molecular complexity index is 1400. The number of nitrogens with zero attached hydrogens (tertiary/aromatic N) is 4. The summed E-state index contributed by atoms with van der Waals surface area (Å²) in [5.41, 5.74) is 1.86. The number of nitro groups is 1. The number of ether oxygens (including phenoxy) is 1. The van der Waals surface area contributed by atoms with Gasteiger partial charge in [-0.1, -0.05) is 12.1 Å². The summed E-state index contributed by atoms with van der Waals surface area (Å²) in [6, 6.07) is 7.92. The number of aromatic nitrogens is 2. The molecule has 0 saturated carbocycles. The Morgan fingerprint density at radius 1 is 1.24 bits per heavy atom. The molecule has 3 rings (SSSR count). The molecule has 0 unspecified atom stereocenters. The number of aryl methyl sites for hydroxylation is 1. The topological polar surface area (TPSA) is 144 Å². The number of hydrogen-bond acceptors (Lipinski definition) is 8. The first-order valence-corrected chi connectivity index (χ1v) is 10.7. The van der Waals surface area contributed by atoms with Gasteiger partial charge in [0, 0.05) is 24.4 Å². The number of esters is 1. The molecule has 1 aromatic heterocycles. The van der Waals surface area contributed by atoms with Crippen LogP contribution >= 0.6 is 12.2 Å². The van der Waals surface area contributed by atoms with Gasteiger partial charge in [0.05, 0.1) is 23.3 Å². The lowest BCUT2D eigenvalue weighted by Gasteiger charge is -2.09. The molecular weight excluding hydrogens is 517 g/mol. The third-order valence-electron chi connectivity index (χ3n) is 5.03. The number of alkyl halides is 3. The van der Waals surface area contributed by atoms with E-state index in [1.165, 1.54) is 42.9 Å². The summed E-state index contributed by atoms with van der Waals surface area (Å²) in [4.78, 5) is 22.3. The Morgan fingerprint density at radius 2 is 1.89 bits per heavy atom. The summed E-state index contributed by atoms with van der Waals surface area (Å²) in [5, 5.41) is 32.8. The molecule has 0 aliphatic rings. The molecule has 194 valence electrons. The van der Waals surface area contributed by atoms with Crippen molar-refractivity contribution in [3.05, 3.63) is 69.4 Å². The van der Waals surface area contributed by atoms with Gasteiger partial charge in [-0.2, -0.15) is 23.4 Å². The molecule has 0 radical (unpaired) electrons. The summed E-state index contributed by atoms with van der Waals surface area (Å²) in [7, 11) is 2.61. The fraction of sp³-hybridized carbons (Fsp3) is 0.182. The quantitative estimate of drug-likeness (QED) is 0.139. The normalized spacial score (nSPS) is 11.7. The van der Waals surface area contributed by atoms with Crippen LogP contribution in [0.2, 0.25) is 0 Å². The highest BCUT2D eigenvalue weighted by atomic mass is 32.1. The molecule has 0 aliphatic carbocycles. The van der Waals surface area contributed by atoms with Gasteiger partial charge in [0.1, 0.15) is 11.3 Å². The molecule has 3 aromatic rings. The van der Waals surface area contributed by atoms with Crippen molar-refractivity contribution in [1.29, 1.82) is 0 Å². The van der Waals surface area contributed by atoms with Gasteiger partial charge in [-0.25, -0.2) is 4.79 Å². The molecule has 0 saturated heterocycles. The van der Waals surface area contributed by atoms with Gasteiger partial charge in [0.2, 0.25) is 0 Å². The second-order valence-electron chi connectivity index (χ2n) is 7.49. The maximum atomic E-state index is 12.8. The minimum Gasteiger partial charge on any atom is -0.504 e. The Labute approximate surface area is 212 Å². The number of carbonyl (C=O) groups excluding carboxylic acids is 1. The molecule has 0 fully saturated rings. The van der Waals surface area contributed by atoms with Crippen LogP contribution in [0.1, 0.15) is 28.5 Å². The fourth-order valence-electron chi connectivity index (χ4n) is 3.29. The van der Waals surface area contributed by atoms with Crippen LogP contribution in [-0.2, 0) is 18.0 Å². The van der Waals surface area contributed by atoms with Gasteiger partial charge < -0.3 is 15.2 Å². The van der Waals surface area contributed by atoms with E-state index in [0.29, 0.717) is 5.56 Å². The molecule has 0 aliphatic heterocycles. The van der Waals surface area contributed by atoms with E-state index in [-0.39, 0.29) is 39.2 Å². The van der Waals surface area contributed by atoms with Gasteiger partial charge >= 0.3 is 12.1 Å². The summed E-state index contributed by atoms with van der Waals surface area (Å²) in [5.74, 6) is -1.18. The van der Waals surface area contributed by atoms with Crippen LogP contribution in [0.5, 0.6) is 5.75 Å². The SMILES string of the molecule is COC(=O)c1ccc(NC(=S)N/N=C(/C)c2nn(C)c(-c3ccc(C(F)(F)F)cc3)c2O)cc1[N+](=O)[O-]. The van der Waals surface area contributed by atoms with Crippen LogP contribution in [0.15, 0.2) is 47.6 Å². The molecule has 0 amide bonds. The standard InChI is InChI=1S/C22H19F3N6O5S/c1-11(17-19(32)18(30(2)29-17)12-4-6-13(7-5-12)22(23,24)25)27-28-21(37)26-14-8-9-15(20(33)36-3)16(10-14)31(34)35/h4-10,32H,1-3H3,(H2,26,28,37)/b27-11-. The van der Waals surface area contributed by atoms with Crippen LogP contribution in [-0.4, -0.2) is 43.7 Å². The second kappa shape index (κ2) is 10.6. The monoisotopic (exact) mass is 536 g/mol. The van der Waals surface area contributed by atoms with Crippen LogP contribution in [0, 0.1) is 10.1 Å². The van der Waals surface area contributed by atoms with Crippen LogP contribution in [0.25, 0.3) is 11.3 Å². The number of halogens is 3. The zero-order valence-corrected chi connectivity index (χ0v) is 20.3. The van der Waals surface area contributed by atoms with Crippen molar-refractivity contribution >= 4 is 40.4 Å². The molecule has 37 heavy (non-hydrogen) atoms. The smallest absolute Gasteiger partial charge is 0.416 e. The molecule has 0 bridgehead atoms. The summed E-state index contributed by atoms with van der Waals surface area (Å²) >= 11 is 5.13. The van der Waals surface area contributed by atoms with Crippen molar-refractivity contribution in [1.82, 2.24) is 15.2 Å². The van der Waals surface area contributed by atoms with E-state index in [0.717, 1.165) is 25.3 Å². The van der Waals surface area contributed by atoms with Gasteiger partial charge in [-0.15, -0.1) is 0 Å². The maximum absolute atomic E-state index is 12.8. The van der Waals surface area contributed by atoms with Crippen molar-refractivity contribution in [2.75, 3.05) is 12.4 Å². The highest BCUT2D eigenvalue weighted by Gasteiger charge is 2.30.